The minimum absolute atomic E-state index is 0.172. The van der Waals surface area contributed by atoms with Crippen LogP contribution in [-0.4, -0.2) is 42.7 Å². The smallest absolute Gasteiger partial charge is 0.462 e. The van der Waals surface area contributed by atoms with Gasteiger partial charge in [-0.2, -0.15) is 0 Å². The van der Waals surface area contributed by atoms with Crippen LogP contribution in [0.25, 0.3) is 0 Å². The molecule has 1 saturated carbocycles. The van der Waals surface area contributed by atoms with Crippen LogP contribution in [0.2, 0.25) is 0 Å². The van der Waals surface area contributed by atoms with E-state index in [0.717, 1.165) is 58.0 Å². The molecule has 6 nitrogen and oxygen atoms in total. The topological polar surface area (TPSA) is 82.1 Å². The molecule has 0 heterocycles. The van der Waals surface area contributed by atoms with E-state index in [0.29, 0.717) is 12.2 Å². The normalized spacial score (nSPS) is 20.7. The number of carbonyl (C=O) groups excluding carboxylic acids is 1. The second-order valence-electron chi connectivity index (χ2n) is 5.98. The Balaban J connectivity index is 1.91. The summed E-state index contributed by atoms with van der Waals surface area (Å²) in [5.74, 6) is -0.323. The van der Waals surface area contributed by atoms with Gasteiger partial charge in [-0.15, -0.1) is 0 Å². The van der Waals surface area contributed by atoms with E-state index in [1.807, 2.05) is 0 Å². The molecule has 1 aliphatic carbocycles. The van der Waals surface area contributed by atoms with Crippen LogP contribution in [-0.2, 0) is 19.0 Å². The molecular formula is C17H28O6. The molecule has 0 radical (unpaired) electrons. The van der Waals surface area contributed by atoms with E-state index in [1.165, 1.54) is 0 Å². The highest BCUT2D eigenvalue weighted by Crippen LogP contribution is 2.23. The summed E-state index contributed by atoms with van der Waals surface area (Å²) >= 11 is 0. The molecule has 0 unspecified atom stereocenters. The molecule has 0 amide bonds. The minimum Gasteiger partial charge on any atom is -0.462 e. The SMILES string of the molecule is C=C(C)C(=O)OCCCCCCO[C@H]1CC[C@H](OC(=O)O)CC1. The highest BCUT2D eigenvalue weighted by molar-refractivity contribution is 5.86. The Morgan fingerprint density at radius 3 is 2.13 bits per heavy atom. The first-order valence-electron chi connectivity index (χ1n) is 8.33. The maximum absolute atomic E-state index is 11.2. The number of esters is 1. The fourth-order valence-electron chi connectivity index (χ4n) is 2.56. The first-order chi connectivity index (χ1) is 11.0. The fraction of sp³-hybridized carbons (Fsp3) is 0.765. The molecule has 1 rings (SSSR count). The zero-order valence-corrected chi connectivity index (χ0v) is 13.9. The lowest BCUT2D eigenvalue weighted by molar-refractivity contribution is -0.139. The van der Waals surface area contributed by atoms with E-state index in [1.54, 1.807) is 6.92 Å². The van der Waals surface area contributed by atoms with Crippen LogP contribution in [0.1, 0.15) is 58.3 Å². The monoisotopic (exact) mass is 328 g/mol. The van der Waals surface area contributed by atoms with E-state index in [9.17, 15) is 9.59 Å². The van der Waals surface area contributed by atoms with Gasteiger partial charge in [-0.3, -0.25) is 0 Å². The first kappa shape index (κ1) is 19.5. The molecular weight excluding hydrogens is 300 g/mol. The summed E-state index contributed by atoms with van der Waals surface area (Å²) in [5, 5.41) is 8.57. The molecule has 132 valence electrons. The molecule has 0 spiro atoms. The fourth-order valence-corrected chi connectivity index (χ4v) is 2.56. The van der Waals surface area contributed by atoms with Crippen molar-refractivity contribution in [3.63, 3.8) is 0 Å². The van der Waals surface area contributed by atoms with Gasteiger partial charge in [0, 0.05) is 12.2 Å². The van der Waals surface area contributed by atoms with Gasteiger partial charge in [-0.25, -0.2) is 9.59 Å². The number of rotatable bonds is 10. The van der Waals surface area contributed by atoms with Gasteiger partial charge in [0.25, 0.3) is 0 Å². The lowest BCUT2D eigenvalue weighted by atomic mass is 9.95. The van der Waals surface area contributed by atoms with Crippen LogP contribution in [0.15, 0.2) is 12.2 Å². The predicted octanol–water partition coefficient (Wildman–Crippen LogP) is 3.69. The zero-order valence-electron chi connectivity index (χ0n) is 13.9. The number of hydrogen-bond acceptors (Lipinski definition) is 5. The van der Waals surface area contributed by atoms with Crippen LogP contribution in [0.4, 0.5) is 4.79 Å². The Kier molecular flexibility index (Phi) is 9.36. The number of unbranched alkanes of at least 4 members (excludes halogenated alkanes) is 3. The molecule has 23 heavy (non-hydrogen) atoms. The molecule has 0 aliphatic heterocycles. The van der Waals surface area contributed by atoms with E-state index in [2.05, 4.69) is 6.58 Å². The van der Waals surface area contributed by atoms with Gasteiger partial charge >= 0.3 is 12.1 Å². The standard InChI is InChI=1S/C17H28O6/c1-13(2)16(18)22-12-6-4-3-5-11-21-14-7-9-15(10-8-14)23-17(19)20/h14-15H,1,3-12H2,2H3,(H,19,20)/t14-,15-. The zero-order chi connectivity index (χ0) is 17.1. The summed E-state index contributed by atoms with van der Waals surface area (Å²) < 4.78 is 15.6. The van der Waals surface area contributed by atoms with Crippen LogP contribution < -0.4 is 0 Å². The van der Waals surface area contributed by atoms with E-state index in [-0.39, 0.29) is 18.2 Å². The summed E-state index contributed by atoms with van der Waals surface area (Å²) in [6.07, 6.45) is 5.95. The van der Waals surface area contributed by atoms with Crippen molar-refractivity contribution < 1.29 is 28.9 Å². The predicted molar refractivity (Wildman–Crippen MR) is 85.3 cm³/mol. The van der Waals surface area contributed by atoms with E-state index in [4.69, 9.17) is 19.3 Å². The Labute approximate surface area is 137 Å². The van der Waals surface area contributed by atoms with Crippen LogP contribution >= 0.6 is 0 Å². The van der Waals surface area contributed by atoms with E-state index >= 15 is 0 Å². The number of carbonyl (C=O) groups is 2. The summed E-state index contributed by atoms with van der Waals surface area (Å²) in [5.41, 5.74) is 0.432. The molecule has 0 aromatic carbocycles. The molecule has 0 saturated heterocycles. The lowest BCUT2D eigenvalue weighted by Crippen LogP contribution is -2.28. The van der Waals surface area contributed by atoms with Crippen molar-refractivity contribution >= 4 is 12.1 Å². The van der Waals surface area contributed by atoms with Gasteiger partial charge in [0.2, 0.25) is 0 Å². The third-order valence-corrected chi connectivity index (χ3v) is 3.86. The Morgan fingerprint density at radius 2 is 1.57 bits per heavy atom. The summed E-state index contributed by atoms with van der Waals surface area (Å²) in [6, 6.07) is 0. The lowest BCUT2D eigenvalue weighted by Gasteiger charge is -2.27. The average Bonchev–Trinajstić information content (AvgIpc) is 2.50. The molecule has 6 heteroatoms. The third-order valence-electron chi connectivity index (χ3n) is 3.86. The molecule has 1 aliphatic rings. The van der Waals surface area contributed by atoms with Gasteiger partial charge in [-0.1, -0.05) is 13.0 Å². The van der Waals surface area contributed by atoms with Gasteiger partial charge in [0.15, 0.2) is 0 Å². The van der Waals surface area contributed by atoms with Gasteiger partial charge < -0.3 is 19.3 Å². The van der Waals surface area contributed by atoms with Crippen molar-refractivity contribution in [3.05, 3.63) is 12.2 Å². The van der Waals surface area contributed by atoms with Gasteiger partial charge in [0.1, 0.15) is 6.10 Å². The summed E-state index contributed by atoms with van der Waals surface area (Å²) in [4.78, 5) is 21.6. The number of carboxylic acid groups (broad SMARTS) is 1. The molecule has 0 aromatic rings. The largest absolute Gasteiger partial charge is 0.506 e. The van der Waals surface area contributed by atoms with Crippen molar-refractivity contribution in [3.8, 4) is 0 Å². The molecule has 0 aromatic heterocycles. The second-order valence-corrected chi connectivity index (χ2v) is 5.98. The quantitative estimate of drug-likeness (QED) is 0.374. The highest BCUT2D eigenvalue weighted by Gasteiger charge is 2.23. The third kappa shape index (κ3) is 9.23. The van der Waals surface area contributed by atoms with Crippen molar-refractivity contribution in [2.75, 3.05) is 13.2 Å². The van der Waals surface area contributed by atoms with Gasteiger partial charge in [0.05, 0.1) is 12.7 Å². The molecule has 1 fully saturated rings. The molecule has 1 N–H and O–H groups in total. The summed E-state index contributed by atoms with van der Waals surface area (Å²) in [7, 11) is 0. The van der Waals surface area contributed by atoms with Crippen LogP contribution in [0.5, 0.6) is 0 Å². The Bertz CT molecular complexity index is 385. The maximum atomic E-state index is 11.2. The molecule has 0 bridgehead atoms. The highest BCUT2D eigenvalue weighted by atomic mass is 16.7. The average molecular weight is 328 g/mol. The first-order valence-corrected chi connectivity index (χ1v) is 8.33. The number of hydrogen-bond donors (Lipinski definition) is 1. The van der Waals surface area contributed by atoms with Crippen molar-refractivity contribution in [2.24, 2.45) is 0 Å². The van der Waals surface area contributed by atoms with Crippen molar-refractivity contribution in [1.82, 2.24) is 0 Å². The minimum atomic E-state index is -1.19. The second kappa shape index (κ2) is 11.0. The molecule has 0 atom stereocenters. The van der Waals surface area contributed by atoms with Gasteiger partial charge in [-0.05, 0) is 51.9 Å². The van der Waals surface area contributed by atoms with E-state index < -0.39 is 6.16 Å². The van der Waals surface area contributed by atoms with Crippen molar-refractivity contribution in [1.29, 1.82) is 0 Å². The summed E-state index contributed by atoms with van der Waals surface area (Å²) in [6.45, 7) is 6.34. The van der Waals surface area contributed by atoms with Crippen molar-refractivity contribution in [2.45, 2.75) is 70.5 Å². The van der Waals surface area contributed by atoms with Crippen LogP contribution in [0.3, 0.4) is 0 Å². The number of ether oxygens (including phenoxy) is 3. The maximum Gasteiger partial charge on any atom is 0.506 e. The Morgan fingerprint density at radius 1 is 1.00 bits per heavy atom. The van der Waals surface area contributed by atoms with Crippen LogP contribution in [0, 0.1) is 0 Å². The Hall–Kier alpha value is -1.56.